The SMILES string of the molecule is C=CCSc1nnc2c(n1)OC(c1cccc([N+](=O)[O-])c1)Nc1ccc(Br)cc1-2. The molecular weight excluding hydrogens is 458 g/mol. The Hall–Kier alpha value is -2.98. The molecule has 0 spiro atoms. The normalized spacial score (nSPS) is 14.6. The number of halogens is 1. The van der Waals surface area contributed by atoms with E-state index in [2.05, 4.69) is 43.0 Å². The number of nitro groups is 1. The second-order valence-corrected chi connectivity index (χ2v) is 7.93. The van der Waals surface area contributed by atoms with Crippen LogP contribution in [0.5, 0.6) is 5.88 Å². The van der Waals surface area contributed by atoms with Crippen molar-refractivity contribution in [2.24, 2.45) is 0 Å². The lowest BCUT2D eigenvalue weighted by molar-refractivity contribution is -0.385. The summed E-state index contributed by atoms with van der Waals surface area (Å²) in [6, 6.07) is 12.0. The molecule has 3 aromatic rings. The van der Waals surface area contributed by atoms with Crippen molar-refractivity contribution in [3.05, 3.63) is 75.3 Å². The predicted molar refractivity (Wildman–Crippen MR) is 114 cm³/mol. The van der Waals surface area contributed by atoms with E-state index in [0.29, 0.717) is 28.0 Å². The molecule has 1 aliphatic heterocycles. The van der Waals surface area contributed by atoms with Gasteiger partial charge >= 0.3 is 0 Å². The minimum Gasteiger partial charge on any atom is -0.448 e. The van der Waals surface area contributed by atoms with E-state index in [-0.39, 0.29) is 5.69 Å². The average molecular weight is 472 g/mol. The van der Waals surface area contributed by atoms with Gasteiger partial charge in [-0.25, -0.2) is 0 Å². The van der Waals surface area contributed by atoms with Gasteiger partial charge in [-0.05, 0) is 18.2 Å². The summed E-state index contributed by atoms with van der Waals surface area (Å²) in [5.41, 5.74) is 2.59. The Morgan fingerprint density at radius 3 is 2.97 bits per heavy atom. The fourth-order valence-corrected chi connectivity index (χ4v) is 3.69. The molecule has 0 bridgehead atoms. The Kier molecular flexibility index (Phi) is 5.45. The van der Waals surface area contributed by atoms with Gasteiger partial charge in [0.05, 0.1) is 4.92 Å². The van der Waals surface area contributed by atoms with Crippen LogP contribution in [0.2, 0.25) is 0 Å². The fourth-order valence-electron chi connectivity index (χ4n) is 2.82. The number of aromatic nitrogens is 3. The van der Waals surface area contributed by atoms with Crippen molar-refractivity contribution >= 4 is 39.1 Å². The quantitative estimate of drug-likeness (QED) is 0.240. The van der Waals surface area contributed by atoms with Gasteiger partial charge in [-0.15, -0.1) is 16.8 Å². The molecule has 0 fully saturated rings. The lowest BCUT2D eigenvalue weighted by Gasteiger charge is -2.19. The molecule has 8 nitrogen and oxygen atoms in total. The number of hydrogen-bond donors (Lipinski definition) is 1. The lowest BCUT2D eigenvalue weighted by Crippen LogP contribution is -2.17. The first-order chi connectivity index (χ1) is 14.0. The lowest BCUT2D eigenvalue weighted by atomic mass is 10.1. The highest BCUT2D eigenvalue weighted by atomic mass is 79.9. The largest absolute Gasteiger partial charge is 0.448 e. The van der Waals surface area contributed by atoms with Crippen molar-refractivity contribution in [2.75, 3.05) is 11.1 Å². The number of nitrogens with one attached hydrogen (secondary N) is 1. The Bertz CT molecular complexity index is 1110. The summed E-state index contributed by atoms with van der Waals surface area (Å²) >= 11 is 4.86. The number of fused-ring (bicyclic) bond motifs is 3. The van der Waals surface area contributed by atoms with Gasteiger partial charge < -0.3 is 10.1 Å². The van der Waals surface area contributed by atoms with E-state index < -0.39 is 11.2 Å². The molecule has 0 aliphatic carbocycles. The standard InChI is InChI=1S/C19H14BrN5O3S/c1-2-8-29-19-22-18-16(23-24-19)14-10-12(20)6-7-15(14)21-17(28-18)11-4-3-5-13(9-11)25(26)27/h2-7,9-10,17,21H,1,8H2. The highest BCUT2D eigenvalue weighted by Crippen LogP contribution is 2.41. The van der Waals surface area contributed by atoms with E-state index >= 15 is 0 Å². The first-order valence-corrected chi connectivity index (χ1v) is 10.3. The van der Waals surface area contributed by atoms with Crippen LogP contribution in [0.3, 0.4) is 0 Å². The smallest absolute Gasteiger partial charge is 0.269 e. The second-order valence-electron chi connectivity index (χ2n) is 6.03. The summed E-state index contributed by atoms with van der Waals surface area (Å²) in [5.74, 6) is 0.933. The molecule has 1 unspecified atom stereocenters. The van der Waals surface area contributed by atoms with Crippen molar-refractivity contribution in [1.29, 1.82) is 0 Å². The monoisotopic (exact) mass is 471 g/mol. The van der Waals surface area contributed by atoms with Crippen LogP contribution in [0.1, 0.15) is 11.8 Å². The third kappa shape index (κ3) is 4.08. The Labute approximate surface area is 178 Å². The maximum atomic E-state index is 11.2. The zero-order valence-corrected chi connectivity index (χ0v) is 17.3. The van der Waals surface area contributed by atoms with Gasteiger partial charge in [0.15, 0.2) is 11.9 Å². The van der Waals surface area contributed by atoms with Gasteiger partial charge in [0.25, 0.3) is 5.69 Å². The van der Waals surface area contributed by atoms with E-state index in [9.17, 15) is 10.1 Å². The molecule has 0 radical (unpaired) electrons. The van der Waals surface area contributed by atoms with Gasteiger partial charge in [0, 0.05) is 39.2 Å². The molecular formula is C19H14BrN5O3S. The zero-order valence-electron chi connectivity index (χ0n) is 14.9. The number of ether oxygens (including phenoxy) is 1. The van der Waals surface area contributed by atoms with E-state index in [1.54, 1.807) is 18.2 Å². The summed E-state index contributed by atoms with van der Waals surface area (Å²) < 4.78 is 6.98. The summed E-state index contributed by atoms with van der Waals surface area (Å²) in [7, 11) is 0. The third-order valence-corrected chi connectivity index (χ3v) is 5.43. The number of hydrogen-bond acceptors (Lipinski definition) is 8. The highest BCUT2D eigenvalue weighted by Gasteiger charge is 2.27. The molecule has 1 aliphatic rings. The van der Waals surface area contributed by atoms with Crippen LogP contribution < -0.4 is 10.1 Å². The third-order valence-electron chi connectivity index (χ3n) is 4.10. The van der Waals surface area contributed by atoms with Crippen molar-refractivity contribution in [3.8, 4) is 17.1 Å². The molecule has 1 aromatic heterocycles. The highest BCUT2D eigenvalue weighted by molar-refractivity contribution is 9.10. The predicted octanol–water partition coefficient (Wildman–Crippen LogP) is 4.99. The van der Waals surface area contributed by atoms with E-state index in [1.165, 1.54) is 23.9 Å². The molecule has 10 heteroatoms. The molecule has 0 saturated carbocycles. The molecule has 1 N–H and O–H groups in total. The number of rotatable bonds is 5. The molecule has 146 valence electrons. The van der Waals surface area contributed by atoms with E-state index in [1.807, 2.05) is 18.2 Å². The number of nitro benzene ring substituents is 1. The molecule has 4 rings (SSSR count). The maximum Gasteiger partial charge on any atom is 0.269 e. The minimum atomic E-state index is -0.690. The van der Waals surface area contributed by atoms with Crippen LogP contribution in [0.4, 0.5) is 11.4 Å². The van der Waals surface area contributed by atoms with Crippen LogP contribution in [0.15, 0.2) is 64.7 Å². The summed E-state index contributed by atoms with van der Waals surface area (Å²) in [4.78, 5) is 15.2. The van der Waals surface area contributed by atoms with Crippen LogP contribution in [0.25, 0.3) is 11.3 Å². The minimum absolute atomic E-state index is 0.0172. The topological polar surface area (TPSA) is 103 Å². The van der Waals surface area contributed by atoms with Crippen LogP contribution >= 0.6 is 27.7 Å². The molecule has 0 amide bonds. The van der Waals surface area contributed by atoms with Gasteiger partial charge in [-0.3, -0.25) is 10.1 Å². The van der Waals surface area contributed by atoms with Crippen molar-refractivity contribution < 1.29 is 9.66 Å². The van der Waals surface area contributed by atoms with E-state index in [0.717, 1.165) is 15.7 Å². The Morgan fingerprint density at radius 2 is 2.17 bits per heavy atom. The summed E-state index contributed by atoms with van der Waals surface area (Å²) in [6.45, 7) is 3.69. The first kappa shape index (κ1) is 19.3. The number of non-ortho nitro benzene ring substituents is 1. The van der Waals surface area contributed by atoms with Gasteiger partial charge in [0.2, 0.25) is 11.0 Å². The van der Waals surface area contributed by atoms with Crippen LogP contribution in [-0.4, -0.2) is 25.9 Å². The number of benzene rings is 2. The molecule has 29 heavy (non-hydrogen) atoms. The van der Waals surface area contributed by atoms with Gasteiger partial charge in [-0.2, -0.15) is 4.98 Å². The molecule has 2 heterocycles. The number of anilines is 1. The second kappa shape index (κ2) is 8.18. The van der Waals surface area contributed by atoms with Gasteiger partial charge in [-0.1, -0.05) is 45.9 Å². The van der Waals surface area contributed by atoms with Gasteiger partial charge in [0.1, 0.15) is 0 Å². The zero-order chi connectivity index (χ0) is 20.4. The number of thioether (sulfide) groups is 1. The van der Waals surface area contributed by atoms with Crippen LogP contribution in [0, 0.1) is 10.1 Å². The Morgan fingerprint density at radius 1 is 1.31 bits per heavy atom. The molecule has 0 saturated heterocycles. The average Bonchev–Trinajstić information content (AvgIpc) is 2.88. The Balaban J connectivity index is 1.82. The van der Waals surface area contributed by atoms with Crippen LogP contribution in [-0.2, 0) is 0 Å². The van der Waals surface area contributed by atoms with Crippen molar-refractivity contribution in [2.45, 2.75) is 11.4 Å². The summed E-state index contributed by atoms with van der Waals surface area (Å²) in [6.07, 6.45) is 1.06. The van der Waals surface area contributed by atoms with E-state index in [4.69, 9.17) is 4.74 Å². The maximum absolute atomic E-state index is 11.2. The number of nitrogens with zero attached hydrogens (tertiary/aromatic N) is 4. The molecule has 1 atom stereocenters. The fraction of sp³-hybridized carbons (Fsp3) is 0.105. The van der Waals surface area contributed by atoms with Crippen molar-refractivity contribution in [1.82, 2.24) is 15.2 Å². The first-order valence-electron chi connectivity index (χ1n) is 8.51. The molecule has 2 aromatic carbocycles. The summed E-state index contributed by atoms with van der Waals surface area (Å²) in [5, 5.41) is 23.4. The van der Waals surface area contributed by atoms with Crippen molar-refractivity contribution in [3.63, 3.8) is 0 Å².